The Morgan fingerprint density at radius 2 is 1.95 bits per heavy atom. The van der Waals surface area contributed by atoms with Crippen molar-refractivity contribution >= 4 is 27.5 Å². The highest BCUT2D eigenvalue weighted by Gasteiger charge is 2.29. The summed E-state index contributed by atoms with van der Waals surface area (Å²) in [7, 11) is 0. The first-order valence-electron chi connectivity index (χ1n) is 6.13. The molecule has 5 heteroatoms. The number of rotatable bonds is 1. The van der Waals surface area contributed by atoms with Crippen LogP contribution in [0.1, 0.15) is 29.8 Å². The van der Waals surface area contributed by atoms with E-state index in [9.17, 15) is 9.50 Å². The van der Waals surface area contributed by atoms with E-state index in [2.05, 4.69) is 15.9 Å². The Labute approximate surface area is 129 Å². The van der Waals surface area contributed by atoms with Crippen LogP contribution in [0.25, 0.3) is 0 Å². The number of aliphatic hydroxyl groups excluding tert-OH is 1. The minimum Gasteiger partial charge on any atom is -0.485 e. The topological polar surface area (TPSA) is 29.5 Å². The number of hydrogen-bond acceptors (Lipinski definition) is 2. The summed E-state index contributed by atoms with van der Waals surface area (Å²) in [6.45, 7) is 0. The molecular weight excluding hydrogens is 347 g/mol. The highest BCUT2D eigenvalue weighted by atomic mass is 79.9. The number of fused-ring (bicyclic) bond motifs is 1. The highest BCUT2D eigenvalue weighted by Crippen LogP contribution is 2.42. The number of aliphatic hydroxyl groups is 1. The molecule has 0 aliphatic carbocycles. The quantitative estimate of drug-likeness (QED) is 0.794. The number of halogens is 3. The Morgan fingerprint density at radius 1 is 1.20 bits per heavy atom. The van der Waals surface area contributed by atoms with Gasteiger partial charge in [0.1, 0.15) is 17.7 Å². The first-order valence-corrected chi connectivity index (χ1v) is 7.31. The van der Waals surface area contributed by atoms with E-state index in [-0.39, 0.29) is 6.10 Å². The molecule has 20 heavy (non-hydrogen) atoms. The van der Waals surface area contributed by atoms with Crippen LogP contribution in [0.2, 0.25) is 5.02 Å². The van der Waals surface area contributed by atoms with Gasteiger partial charge in [-0.3, -0.25) is 0 Å². The van der Waals surface area contributed by atoms with Crippen molar-refractivity contribution in [2.45, 2.75) is 18.6 Å². The molecule has 0 aromatic heterocycles. The Kier molecular flexibility index (Phi) is 3.71. The van der Waals surface area contributed by atoms with Crippen molar-refractivity contribution in [1.29, 1.82) is 0 Å². The van der Waals surface area contributed by atoms with Crippen molar-refractivity contribution < 1.29 is 14.2 Å². The van der Waals surface area contributed by atoms with Crippen LogP contribution in [0.15, 0.2) is 40.9 Å². The van der Waals surface area contributed by atoms with E-state index in [1.54, 1.807) is 12.1 Å². The van der Waals surface area contributed by atoms with Crippen LogP contribution in [0.5, 0.6) is 5.75 Å². The van der Waals surface area contributed by atoms with Gasteiger partial charge in [-0.1, -0.05) is 33.6 Å². The van der Waals surface area contributed by atoms with Crippen molar-refractivity contribution in [3.63, 3.8) is 0 Å². The molecule has 0 saturated heterocycles. The standard InChI is InChI=1S/C15H11BrClFO2/c16-8-1-3-10(12(17)5-8)15-7-13(19)11-4-2-9(18)6-14(11)20-15/h1-6,13,15,19H,7H2/t13-,15?/m0/s1. The lowest BCUT2D eigenvalue weighted by molar-refractivity contribution is 0.0654. The van der Waals surface area contributed by atoms with Gasteiger partial charge in [-0.15, -0.1) is 0 Å². The number of ether oxygens (including phenoxy) is 1. The molecule has 2 nitrogen and oxygen atoms in total. The van der Waals surface area contributed by atoms with Crippen LogP contribution < -0.4 is 4.74 Å². The van der Waals surface area contributed by atoms with E-state index in [1.165, 1.54) is 12.1 Å². The summed E-state index contributed by atoms with van der Waals surface area (Å²) in [5, 5.41) is 10.7. The fraction of sp³-hybridized carbons (Fsp3) is 0.200. The normalized spacial score (nSPS) is 21.2. The van der Waals surface area contributed by atoms with Gasteiger partial charge < -0.3 is 9.84 Å². The highest BCUT2D eigenvalue weighted by molar-refractivity contribution is 9.10. The summed E-state index contributed by atoms with van der Waals surface area (Å²) in [5.74, 6) is -0.0220. The molecule has 0 bridgehead atoms. The Balaban J connectivity index is 1.98. The summed E-state index contributed by atoms with van der Waals surface area (Å²) in [6.07, 6.45) is -0.691. The Hall–Kier alpha value is -1.10. The Morgan fingerprint density at radius 3 is 2.70 bits per heavy atom. The van der Waals surface area contributed by atoms with Crippen molar-refractivity contribution in [2.24, 2.45) is 0 Å². The van der Waals surface area contributed by atoms with Crippen molar-refractivity contribution in [2.75, 3.05) is 0 Å². The van der Waals surface area contributed by atoms with Gasteiger partial charge in [0, 0.05) is 33.1 Å². The second-order valence-electron chi connectivity index (χ2n) is 4.71. The summed E-state index contributed by atoms with van der Waals surface area (Å²) in [6, 6.07) is 9.63. The van der Waals surface area contributed by atoms with Gasteiger partial charge in [-0.2, -0.15) is 0 Å². The lowest BCUT2D eigenvalue weighted by atomic mass is 9.95. The van der Waals surface area contributed by atoms with Crippen molar-refractivity contribution in [1.82, 2.24) is 0 Å². The van der Waals surface area contributed by atoms with Crippen LogP contribution >= 0.6 is 27.5 Å². The second-order valence-corrected chi connectivity index (χ2v) is 6.03. The third-order valence-corrected chi connectivity index (χ3v) is 4.17. The zero-order valence-electron chi connectivity index (χ0n) is 10.3. The first kappa shape index (κ1) is 13.9. The number of hydrogen-bond donors (Lipinski definition) is 1. The molecule has 104 valence electrons. The monoisotopic (exact) mass is 356 g/mol. The molecule has 1 aliphatic heterocycles. The molecular formula is C15H11BrClFO2. The summed E-state index contributed by atoms with van der Waals surface area (Å²) in [5.41, 5.74) is 1.39. The molecule has 0 saturated carbocycles. The molecule has 1 N–H and O–H groups in total. The van der Waals surface area contributed by atoms with Crippen LogP contribution in [0.3, 0.4) is 0 Å². The summed E-state index contributed by atoms with van der Waals surface area (Å²) >= 11 is 9.55. The third kappa shape index (κ3) is 2.55. The van der Waals surface area contributed by atoms with E-state index >= 15 is 0 Å². The van der Waals surface area contributed by atoms with Gasteiger partial charge in [0.15, 0.2) is 0 Å². The van der Waals surface area contributed by atoms with Gasteiger partial charge >= 0.3 is 0 Å². The van der Waals surface area contributed by atoms with E-state index < -0.39 is 11.9 Å². The average molecular weight is 358 g/mol. The van der Waals surface area contributed by atoms with Crippen LogP contribution in [-0.4, -0.2) is 5.11 Å². The molecule has 3 rings (SSSR count). The third-order valence-electron chi connectivity index (χ3n) is 3.35. The fourth-order valence-corrected chi connectivity index (χ4v) is 3.16. The minimum atomic E-state index is -0.691. The van der Waals surface area contributed by atoms with E-state index in [0.717, 1.165) is 10.0 Å². The van der Waals surface area contributed by atoms with E-state index in [4.69, 9.17) is 16.3 Å². The maximum absolute atomic E-state index is 13.3. The molecule has 0 amide bonds. The van der Waals surface area contributed by atoms with Gasteiger partial charge in [0.05, 0.1) is 6.10 Å². The van der Waals surface area contributed by atoms with E-state index in [1.807, 2.05) is 12.1 Å². The second kappa shape index (κ2) is 5.35. The maximum atomic E-state index is 13.3. The molecule has 2 aromatic rings. The Bertz CT molecular complexity index is 662. The minimum absolute atomic E-state index is 0.368. The van der Waals surface area contributed by atoms with E-state index in [0.29, 0.717) is 22.8 Å². The zero-order chi connectivity index (χ0) is 14.3. The van der Waals surface area contributed by atoms with Crippen LogP contribution in [-0.2, 0) is 0 Å². The average Bonchev–Trinajstić information content (AvgIpc) is 2.37. The van der Waals surface area contributed by atoms with Crippen LogP contribution in [0.4, 0.5) is 4.39 Å². The van der Waals surface area contributed by atoms with Crippen molar-refractivity contribution in [3.8, 4) is 5.75 Å². The lowest BCUT2D eigenvalue weighted by Gasteiger charge is -2.30. The van der Waals surface area contributed by atoms with Crippen molar-refractivity contribution in [3.05, 3.63) is 62.8 Å². The molecule has 1 heterocycles. The summed E-state index contributed by atoms with van der Waals surface area (Å²) in [4.78, 5) is 0. The molecule has 1 unspecified atom stereocenters. The van der Waals surface area contributed by atoms with Crippen LogP contribution in [0, 0.1) is 5.82 Å². The molecule has 0 radical (unpaired) electrons. The largest absolute Gasteiger partial charge is 0.485 e. The van der Waals surface area contributed by atoms with Gasteiger partial charge in [-0.05, 0) is 24.3 Å². The fourth-order valence-electron chi connectivity index (χ4n) is 2.37. The molecule has 2 aromatic carbocycles. The molecule has 2 atom stereocenters. The lowest BCUT2D eigenvalue weighted by Crippen LogP contribution is -2.19. The first-order chi connectivity index (χ1) is 9.54. The molecule has 0 fully saturated rings. The molecule has 1 aliphatic rings. The predicted octanol–water partition coefficient (Wildman–Crippen LogP) is 4.80. The summed E-state index contributed by atoms with van der Waals surface area (Å²) < 4.78 is 19.9. The predicted molar refractivity (Wildman–Crippen MR) is 78.5 cm³/mol. The maximum Gasteiger partial charge on any atom is 0.128 e. The number of benzene rings is 2. The van der Waals surface area contributed by atoms with Gasteiger partial charge in [0.2, 0.25) is 0 Å². The SMILES string of the molecule is O[C@H]1CC(c2ccc(Br)cc2Cl)Oc2cc(F)ccc21. The smallest absolute Gasteiger partial charge is 0.128 e. The molecule has 0 spiro atoms. The van der Waals surface area contributed by atoms with Gasteiger partial charge in [0.25, 0.3) is 0 Å². The zero-order valence-corrected chi connectivity index (χ0v) is 12.7. The van der Waals surface area contributed by atoms with Gasteiger partial charge in [-0.25, -0.2) is 4.39 Å².